The summed E-state index contributed by atoms with van der Waals surface area (Å²) < 4.78 is 37.4. The van der Waals surface area contributed by atoms with Crippen molar-refractivity contribution in [3.05, 3.63) is 82.4 Å². The zero-order chi connectivity index (χ0) is 36.1. The zero-order valence-corrected chi connectivity index (χ0v) is 25.1. The van der Waals surface area contributed by atoms with Crippen LogP contribution in [0.15, 0.2) is 54.6 Å². The summed E-state index contributed by atoms with van der Waals surface area (Å²) >= 11 is 0. The van der Waals surface area contributed by atoms with Gasteiger partial charge in [0.15, 0.2) is 0 Å². The van der Waals surface area contributed by atoms with Crippen LogP contribution >= 0.6 is 0 Å². The van der Waals surface area contributed by atoms with E-state index in [4.69, 9.17) is 14.6 Å². The Kier molecular flexibility index (Phi) is 11.2. The molecule has 1 aliphatic heterocycles. The number of halogens is 3. The van der Waals surface area contributed by atoms with Crippen molar-refractivity contribution in [3.8, 4) is 23.0 Å². The van der Waals surface area contributed by atoms with Gasteiger partial charge in [-0.1, -0.05) is 6.07 Å². The molecule has 0 bridgehead atoms. The van der Waals surface area contributed by atoms with Gasteiger partial charge in [-0.25, -0.2) is 14.4 Å². The number of hydrogen-bond donors (Lipinski definition) is 7. The number of phenols is 4. The van der Waals surface area contributed by atoms with Crippen LogP contribution in [0.1, 0.15) is 60.8 Å². The maximum Gasteiger partial charge on any atom is 0.490 e. The Bertz CT molecular complexity index is 1700. The fraction of sp³-hybridized carbons (Fsp3) is 0.258. The van der Waals surface area contributed by atoms with Crippen molar-refractivity contribution in [2.45, 2.75) is 38.2 Å². The molecule has 1 aliphatic rings. The molecule has 256 valence electrons. The second-order valence-corrected chi connectivity index (χ2v) is 10.6. The van der Waals surface area contributed by atoms with Gasteiger partial charge in [0.25, 0.3) is 5.91 Å². The zero-order valence-electron chi connectivity index (χ0n) is 25.1. The van der Waals surface area contributed by atoms with E-state index in [0.29, 0.717) is 12.1 Å². The number of nitrogens with zero attached hydrogens (tertiary/aromatic N) is 1. The second kappa shape index (κ2) is 14.7. The normalized spacial score (nSPS) is 16.0. The number of hydrogen-bond acceptors (Lipinski definition) is 11. The summed E-state index contributed by atoms with van der Waals surface area (Å²) in [5.41, 5.74) is -1.92. The fourth-order valence-electron chi connectivity index (χ4n) is 4.60. The van der Waals surface area contributed by atoms with E-state index < -0.39 is 81.9 Å². The van der Waals surface area contributed by atoms with Gasteiger partial charge in [0.05, 0.1) is 22.7 Å². The summed E-state index contributed by atoms with van der Waals surface area (Å²) in [6, 6.07) is 10.2. The Morgan fingerprint density at radius 1 is 0.833 bits per heavy atom. The highest BCUT2D eigenvalue weighted by Gasteiger charge is 2.39. The number of likely N-dealkylation sites (tertiary alicyclic amines) is 1. The molecule has 2 atom stereocenters. The molecule has 1 heterocycles. The van der Waals surface area contributed by atoms with Crippen LogP contribution < -0.4 is 5.32 Å². The Morgan fingerprint density at radius 3 is 1.90 bits per heavy atom. The van der Waals surface area contributed by atoms with Crippen LogP contribution in [0.2, 0.25) is 0 Å². The summed E-state index contributed by atoms with van der Waals surface area (Å²) in [6.07, 6.45) is -5.89. The standard InChI is InChI=1S/C29H28N2O10.C2HF3O2/c1-14(2)31-12-19(30-27(37)15-6-8-17(32)9-7-15)23(13-31)41-29(40)16-10-21(34)25(22(35)11-16)26(36)24-18(28(38)39)4-3-5-20(24)33;3-2(4,5)1(6)7/h3-11,14,19,23,32-35H,12-13H2,1-2H3,(H,30,37)(H,38,39);(H,6,7)/t19-,23?;/m0./s1. The number of aromatic hydroxyl groups is 4. The number of ketones is 1. The first-order valence-electron chi connectivity index (χ1n) is 13.8. The van der Waals surface area contributed by atoms with Gasteiger partial charge in [-0.15, -0.1) is 0 Å². The monoisotopic (exact) mass is 678 g/mol. The molecule has 48 heavy (non-hydrogen) atoms. The molecule has 0 spiro atoms. The van der Waals surface area contributed by atoms with E-state index >= 15 is 0 Å². The number of rotatable bonds is 8. The Morgan fingerprint density at radius 2 is 1.40 bits per heavy atom. The number of aromatic carboxylic acids is 1. The summed E-state index contributed by atoms with van der Waals surface area (Å²) in [4.78, 5) is 61.3. The number of phenolic OH excluding ortho intramolecular Hbond substituents is 4. The first-order valence-corrected chi connectivity index (χ1v) is 13.8. The third kappa shape index (κ3) is 8.69. The lowest BCUT2D eigenvalue weighted by molar-refractivity contribution is -0.192. The van der Waals surface area contributed by atoms with E-state index in [1.165, 1.54) is 30.3 Å². The number of carboxylic acids is 2. The minimum absolute atomic E-state index is 0.00215. The number of carbonyl (C=O) groups is 5. The lowest BCUT2D eigenvalue weighted by Gasteiger charge is -2.21. The van der Waals surface area contributed by atoms with Crippen molar-refractivity contribution >= 4 is 29.6 Å². The van der Waals surface area contributed by atoms with Crippen molar-refractivity contribution in [1.29, 1.82) is 0 Å². The van der Waals surface area contributed by atoms with Crippen LogP contribution in [0.3, 0.4) is 0 Å². The maximum atomic E-state index is 13.1. The number of carboxylic acid groups (broad SMARTS) is 2. The van der Waals surface area contributed by atoms with E-state index in [1.54, 1.807) is 0 Å². The predicted octanol–water partition coefficient (Wildman–Crippen LogP) is 3.12. The van der Waals surface area contributed by atoms with Crippen molar-refractivity contribution in [1.82, 2.24) is 10.2 Å². The lowest BCUT2D eigenvalue weighted by Crippen LogP contribution is -2.44. The number of esters is 1. The number of alkyl halides is 3. The van der Waals surface area contributed by atoms with Crippen LogP contribution in [0.5, 0.6) is 23.0 Å². The van der Waals surface area contributed by atoms with Crippen LogP contribution in [0.25, 0.3) is 0 Å². The predicted molar refractivity (Wildman–Crippen MR) is 157 cm³/mol. The molecule has 1 amide bonds. The molecule has 4 rings (SSSR count). The van der Waals surface area contributed by atoms with Gasteiger partial charge in [-0.3, -0.25) is 14.5 Å². The number of benzene rings is 3. The number of amides is 1. The summed E-state index contributed by atoms with van der Waals surface area (Å²) in [5.74, 6) is -9.18. The maximum absolute atomic E-state index is 13.1. The van der Waals surface area contributed by atoms with Gasteiger partial charge in [0.1, 0.15) is 34.7 Å². The topological polar surface area (TPSA) is 231 Å². The molecule has 14 nitrogen and oxygen atoms in total. The first kappa shape index (κ1) is 36.6. The van der Waals surface area contributed by atoms with Crippen LogP contribution in [-0.2, 0) is 9.53 Å². The molecule has 0 saturated carbocycles. The third-order valence-electron chi connectivity index (χ3n) is 7.03. The van der Waals surface area contributed by atoms with Gasteiger partial charge < -0.3 is 40.7 Å². The van der Waals surface area contributed by atoms with Crippen molar-refractivity contribution in [3.63, 3.8) is 0 Å². The Hall–Kier alpha value is -5.84. The van der Waals surface area contributed by atoms with Gasteiger partial charge in [-0.05, 0) is 62.4 Å². The quantitative estimate of drug-likeness (QED) is 0.134. The van der Waals surface area contributed by atoms with E-state index in [0.717, 1.165) is 24.3 Å². The van der Waals surface area contributed by atoms with Crippen molar-refractivity contribution < 1.29 is 72.5 Å². The molecule has 1 fully saturated rings. The third-order valence-corrected chi connectivity index (χ3v) is 7.03. The average molecular weight is 679 g/mol. The van der Waals surface area contributed by atoms with Crippen LogP contribution in [0.4, 0.5) is 13.2 Å². The molecule has 1 unspecified atom stereocenters. The molecule has 17 heteroatoms. The van der Waals surface area contributed by atoms with E-state index in [-0.39, 0.29) is 23.9 Å². The minimum Gasteiger partial charge on any atom is -0.508 e. The highest BCUT2D eigenvalue weighted by atomic mass is 19.4. The number of ether oxygens (including phenoxy) is 1. The molecule has 3 aromatic carbocycles. The van der Waals surface area contributed by atoms with Gasteiger partial charge in [-0.2, -0.15) is 13.2 Å². The largest absolute Gasteiger partial charge is 0.508 e. The molecule has 0 radical (unpaired) electrons. The van der Waals surface area contributed by atoms with Gasteiger partial charge >= 0.3 is 24.1 Å². The molecular formula is C31H29F3N2O12. The second-order valence-electron chi connectivity index (χ2n) is 10.6. The molecule has 1 saturated heterocycles. The number of carbonyl (C=O) groups excluding carboxylic acids is 3. The average Bonchev–Trinajstić information content (AvgIpc) is 3.38. The van der Waals surface area contributed by atoms with Gasteiger partial charge in [0, 0.05) is 24.7 Å². The Labute approximate surface area is 269 Å². The highest BCUT2D eigenvalue weighted by Crippen LogP contribution is 2.35. The van der Waals surface area contributed by atoms with Crippen LogP contribution in [-0.4, -0.2) is 103 Å². The molecule has 3 aromatic rings. The minimum atomic E-state index is -5.08. The van der Waals surface area contributed by atoms with E-state index in [9.17, 15) is 57.9 Å². The highest BCUT2D eigenvalue weighted by molar-refractivity contribution is 6.18. The Balaban J connectivity index is 0.000000804. The summed E-state index contributed by atoms with van der Waals surface area (Å²) in [5, 5.41) is 60.1. The SMILES string of the molecule is CC(C)N1CC(OC(=O)c2cc(O)c(C(=O)c3c(O)cccc3C(=O)O)c(O)c2)[C@@H](NC(=O)c2ccc(O)cc2)C1.O=C(O)C(F)(F)F. The van der Waals surface area contributed by atoms with Crippen molar-refractivity contribution in [2.75, 3.05) is 13.1 Å². The smallest absolute Gasteiger partial charge is 0.490 e. The number of aliphatic carboxylic acids is 1. The first-order chi connectivity index (χ1) is 22.3. The number of nitrogens with one attached hydrogen (secondary N) is 1. The molecule has 7 N–H and O–H groups in total. The van der Waals surface area contributed by atoms with E-state index in [1.807, 2.05) is 18.7 Å². The van der Waals surface area contributed by atoms with Crippen molar-refractivity contribution in [2.24, 2.45) is 0 Å². The summed E-state index contributed by atoms with van der Waals surface area (Å²) in [7, 11) is 0. The molecule has 0 aliphatic carbocycles. The molecular weight excluding hydrogens is 649 g/mol. The van der Waals surface area contributed by atoms with Crippen LogP contribution in [0, 0.1) is 0 Å². The fourth-order valence-corrected chi connectivity index (χ4v) is 4.60. The molecule has 0 aromatic heterocycles. The van der Waals surface area contributed by atoms with Gasteiger partial charge in [0.2, 0.25) is 5.78 Å². The summed E-state index contributed by atoms with van der Waals surface area (Å²) in [6.45, 7) is 4.53. The lowest BCUT2D eigenvalue weighted by atomic mass is 9.95. The van der Waals surface area contributed by atoms with E-state index in [2.05, 4.69) is 5.32 Å².